The first-order chi connectivity index (χ1) is 10.0. The standard InChI is InChI=1S/C16H15FO3S/c1-3-21-14-6-4-5-13(15(14)16(18)19)20-12-8-7-11(17)9-10(12)2/h4-9H,3H2,1-2H3,(H,18,19). The summed E-state index contributed by atoms with van der Waals surface area (Å²) in [4.78, 5) is 12.1. The van der Waals surface area contributed by atoms with Crippen LogP contribution in [0.25, 0.3) is 0 Å². The second-order valence-corrected chi connectivity index (χ2v) is 5.69. The maximum absolute atomic E-state index is 13.1. The molecule has 0 atom stereocenters. The molecule has 0 bridgehead atoms. The average molecular weight is 306 g/mol. The summed E-state index contributed by atoms with van der Waals surface area (Å²) >= 11 is 1.44. The van der Waals surface area contributed by atoms with Gasteiger partial charge in [-0.15, -0.1) is 11.8 Å². The van der Waals surface area contributed by atoms with Gasteiger partial charge in [-0.2, -0.15) is 0 Å². The number of carbonyl (C=O) groups is 1. The molecular formula is C16H15FO3S. The molecule has 0 radical (unpaired) electrons. The summed E-state index contributed by atoms with van der Waals surface area (Å²) in [7, 11) is 0. The van der Waals surface area contributed by atoms with E-state index in [1.807, 2.05) is 6.92 Å². The monoisotopic (exact) mass is 306 g/mol. The van der Waals surface area contributed by atoms with Crippen molar-refractivity contribution in [3.63, 3.8) is 0 Å². The van der Waals surface area contributed by atoms with Crippen LogP contribution in [-0.4, -0.2) is 16.8 Å². The Bertz CT molecular complexity index is 671. The highest BCUT2D eigenvalue weighted by Crippen LogP contribution is 2.34. The Morgan fingerprint density at radius 2 is 2.05 bits per heavy atom. The Balaban J connectivity index is 2.43. The molecule has 0 spiro atoms. The van der Waals surface area contributed by atoms with E-state index in [1.165, 1.54) is 30.0 Å². The number of rotatable bonds is 5. The molecule has 0 saturated carbocycles. The predicted octanol–water partition coefficient (Wildman–Crippen LogP) is 4.74. The summed E-state index contributed by atoms with van der Waals surface area (Å²) in [5.74, 6) is 0.0716. The van der Waals surface area contributed by atoms with E-state index in [9.17, 15) is 14.3 Å². The molecular weight excluding hydrogens is 291 g/mol. The van der Waals surface area contributed by atoms with E-state index in [-0.39, 0.29) is 17.1 Å². The van der Waals surface area contributed by atoms with Gasteiger partial charge in [-0.25, -0.2) is 9.18 Å². The molecule has 0 amide bonds. The molecule has 0 saturated heterocycles. The van der Waals surface area contributed by atoms with Gasteiger partial charge in [0.15, 0.2) is 0 Å². The highest BCUT2D eigenvalue weighted by atomic mass is 32.2. The molecule has 0 heterocycles. The summed E-state index contributed by atoms with van der Waals surface area (Å²) in [6.45, 7) is 3.66. The summed E-state index contributed by atoms with van der Waals surface area (Å²) in [6, 6.07) is 9.23. The fourth-order valence-electron chi connectivity index (χ4n) is 1.93. The van der Waals surface area contributed by atoms with Crippen molar-refractivity contribution in [2.24, 2.45) is 0 Å². The molecule has 3 nitrogen and oxygen atoms in total. The predicted molar refractivity (Wildman–Crippen MR) is 81.0 cm³/mol. The van der Waals surface area contributed by atoms with Gasteiger partial charge in [0.2, 0.25) is 0 Å². The first-order valence-corrected chi connectivity index (χ1v) is 7.44. The molecule has 0 aromatic heterocycles. The minimum atomic E-state index is -1.04. The molecule has 2 rings (SSSR count). The van der Waals surface area contributed by atoms with Crippen molar-refractivity contribution >= 4 is 17.7 Å². The quantitative estimate of drug-likeness (QED) is 0.811. The number of hydrogen-bond acceptors (Lipinski definition) is 3. The van der Waals surface area contributed by atoms with E-state index in [2.05, 4.69) is 0 Å². The zero-order valence-electron chi connectivity index (χ0n) is 11.7. The third kappa shape index (κ3) is 3.55. The van der Waals surface area contributed by atoms with E-state index in [4.69, 9.17) is 4.74 Å². The van der Waals surface area contributed by atoms with E-state index in [1.54, 1.807) is 25.1 Å². The highest BCUT2D eigenvalue weighted by molar-refractivity contribution is 7.99. The van der Waals surface area contributed by atoms with Gasteiger partial charge in [0.25, 0.3) is 0 Å². The third-order valence-electron chi connectivity index (χ3n) is 2.86. The van der Waals surface area contributed by atoms with Gasteiger partial charge in [0, 0.05) is 4.90 Å². The van der Waals surface area contributed by atoms with Gasteiger partial charge in [-0.05, 0) is 48.6 Å². The molecule has 0 aliphatic carbocycles. The molecule has 110 valence electrons. The second-order valence-electron chi connectivity index (χ2n) is 4.38. The SMILES string of the molecule is CCSc1cccc(Oc2ccc(F)cc2C)c1C(=O)O. The van der Waals surface area contributed by atoms with Crippen LogP contribution in [0.4, 0.5) is 4.39 Å². The van der Waals surface area contributed by atoms with E-state index < -0.39 is 5.97 Å². The van der Waals surface area contributed by atoms with Crippen LogP contribution in [0, 0.1) is 12.7 Å². The van der Waals surface area contributed by atoms with Gasteiger partial charge in [0.1, 0.15) is 22.9 Å². The molecule has 0 fully saturated rings. The van der Waals surface area contributed by atoms with Gasteiger partial charge >= 0.3 is 5.97 Å². The number of carboxylic acid groups (broad SMARTS) is 1. The lowest BCUT2D eigenvalue weighted by molar-refractivity contribution is 0.0690. The van der Waals surface area contributed by atoms with Crippen LogP contribution in [0.15, 0.2) is 41.3 Å². The zero-order valence-corrected chi connectivity index (χ0v) is 12.5. The van der Waals surface area contributed by atoms with Crippen LogP contribution in [0.5, 0.6) is 11.5 Å². The minimum absolute atomic E-state index is 0.132. The van der Waals surface area contributed by atoms with E-state index in [0.29, 0.717) is 16.2 Å². The minimum Gasteiger partial charge on any atom is -0.478 e. The van der Waals surface area contributed by atoms with Crippen LogP contribution in [0.2, 0.25) is 0 Å². The van der Waals surface area contributed by atoms with Crippen molar-refractivity contribution in [1.82, 2.24) is 0 Å². The van der Waals surface area contributed by atoms with Crippen LogP contribution < -0.4 is 4.74 Å². The number of benzene rings is 2. The second kappa shape index (κ2) is 6.63. The van der Waals surface area contributed by atoms with E-state index in [0.717, 1.165) is 5.75 Å². The van der Waals surface area contributed by atoms with Crippen LogP contribution in [0.1, 0.15) is 22.8 Å². The van der Waals surface area contributed by atoms with Crippen molar-refractivity contribution in [1.29, 1.82) is 0 Å². The molecule has 2 aromatic rings. The molecule has 2 aromatic carbocycles. The Labute approximate surface area is 126 Å². The molecule has 1 N–H and O–H groups in total. The summed E-state index contributed by atoms with van der Waals surface area (Å²) in [6.07, 6.45) is 0. The van der Waals surface area contributed by atoms with Crippen molar-refractivity contribution in [2.75, 3.05) is 5.75 Å². The smallest absolute Gasteiger partial charge is 0.340 e. The lowest BCUT2D eigenvalue weighted by atomic mass is 10.2. The fraction of sp³-hybridized carbons (Fsp3) is 0.188. The lowest BCUT2D eigenvalue weighted by Gasteiger charge is -2.13. The van der Waals surface area contributed by atoms with Crippen molar-refractivity contribution in [3.05, 3.63) is 53.3 Å². The first-order valence-electron chi connectivity index (χ1n) is 6.46. The topological polar surface area (TPSA) is 46.5 Å². The Morgan fingerprint density at radius 1 is 1.29 bits per heavy atom. The number of ether oxygens (including phenoxy) is 1. The van der Waals surface area contributed by atoms with Gasteiger partial charge in [0.05, 0.1) is 0 Å². The number of carboxylic acids is 1. The molecule has 0 aliphatic rings. The third-order valence-corrected chi connectivity index (χ3v) is 3.80. The fourth-order valence-corrected chi connectivity index (χ4v) is 2.75. The highest BCUT2D eigenvalue weighted by Gasteiger charge is 2.18. The first kappa shape index (κ1) is 15.4. The summed E-state index contributed by atoms with van der Waals surface area (Å²) < 4.78 is 18.8. The van der Waals surface area contributed by atoms with Crippen LogP contribution in [0.3, 0.4) is 0 Å². The van der Waals surface area contributed by atoms with Gasteiger partial charge in [-0.1, -0.05) is 13.0 Å². The number of thioether (sulfide) groups is 1. The Morgan fingerprint density at radius 3 is 2.67 bits per heavy atom. The lowest BCUT2D eigenvalue weighted by Crippen LogP contribution is -2.03. The molecule has 5 heteroatoms. The zero-order chi connectivity index (χ0) is 15.4. The number of halogens is 1. The van der Waals surface area contributed by atoms with Crippen molar-refractivity contribution in [3.8, 4) is 11.5 Å². The number of hydrogen-bond donors (Lipinski definition) is 1. The van der Waals surface area contributed by atoms with Gasteiger partial charge in [-0.3, -0.25) is 0 Å². The van der Waals surface area contributed by atoms with E-state index >= 15 is 0 Å². The van der Waals surface area contributed by atoms with Crippen molar-refractivity contribution < 1.29 is 19.0 Å². The Kier molecular flexibility index (Phi) is 4.85. The number of aromatic carboxylic acids is 1. The largest absolute Gasteiger partial charge is 0.478 e. The summed E-state index contributed by atoms with van der Waals surface area (Å²) in [5, 5.41) is 9.41. The number of aryl methyl sites for hydroxylation is 1. The Hall–Kier alpha value is -2.01. The maximum atomic E-state index is 13.1. The maximum Gasteiger partial charge on any atom is 0.340 e. The normalized spacial score (nSPS) is 10.4. The van der Waals surface area contributed by atoms with Crippen molar-refractivity contribution in [2.45, 2.75) is 18.7 Å². The van der Waals surface area contributed by atoms with Crippen LogP contribution >= 0.6 is 11.8 Å². The molecule has 0 aliphatic heterocycles. The average Bonchev–Trinajstić information content (AvgIpc) is 2.42. The summed E-state index contributed by atoms with van der Waals surface area (Å²) in [5.41, 5.74) is 0.743. The van der Waals surface area contributed by atoms with Crippen LogP contribution in [-0.2, 0) is 0 Å². The van der Waals surface area contributed by atoms with Gasteiger partial charge < -0.3 is 9.84 Å². The molecule has 21 heavy (non-hydrogen) atoms. The molecule has 0 unspecified atom stereocenters.